The van der Waals surface area contributed by atoms with Crippen LogP contribution in [0.5, 0.6) is 0 Å². The largest absolute Gasteiger partial charge is 0.302 e. The molecule has 3 nitrogen and oxygen atoms in total. The fourth-order valence-corrected chi connectivity index (χ4v) is 4.48. The Morgan fingerprint density at radius 1 is 1.04 bits per heavy atom. The summed E-state index contributed by atoms with van der Waals surface area (Å²) in [5.41, 5.74) is 0.909. The third-order valence-electron chi connectivity index (χ3n) is 4.19. The number of hydrogen-bond donors (Lipinski definition) is 0. The second kappa shape index (κ2) is 6.86. The van der Waals surface area contributed by atoms with E-state index < -0.39 is 0 Å². The summed E-state index contributed by atoms with van der Waals surface area (Å²) < 4.78 is 2.81. The first-order chi connectivity index (χ1) is 12.6. The lowest BCUT2D eigenvalue weighted by Gasteiger charge is -2.00. The zero-order valence-corrected chi connectivity index (χ0v) is 15.6. The van der Waals surface area contributed by atoms with Gasteiger partial charge < -0.3 is 4.57 Å². The third-order valence-corrected chi connectivity index (χ3v) is 6.19. The molecule has 26 heavy (non-hydrogen) atoms. The van der Waals surface area contributed by atoms with Crippen molar-refractivity contribution in [1.82, 2.24) is 4.57 Å². The number of rotatable bonds is 3. The van der Waals surface area contributed by atoms with Crippen molar-refractivity contribution in [2.24, 2.45) is 7.05 Å². The second-order valence-corrected chi connectivity index (χ2v) is 7.88. The molecule has 0 unspecified atom stereocenters. The van der Waals surface area contributed by atoms with Gasteiger partial charge in [-0.3, -0.25) is 9.59 Å². The molecule has 4 rings (SSSR count). The van der Waals surface area contributed by atoms with E-state index in [0.29, 0.717) is 14.1 Å². The Balaban J connectivity index is 1.87. The van der Waals surface area contributed by atoms with Gasteiger partial charge in [-0.15, -0.1) is 22.7 Å². The summed E-state index contributed by atoms with van der Waals surface area (Å²) in [6.07, 6.45) is 3.45. The lowest BCUT2D eigenvalue weighted by Crippen LogP contribution is -2.29. The smallest absolute Gasteiger partial charge is 0.268 e. The number of carbonyl (C=O) groups excluding carboxylic acids is 1. The van der Waals surface area contributed by atoms with Gasteiger partial charge in [0.05, 0.1) is 9.41 Å². The highest BCUT2D eigenvalue weighted by atomic mass is 32.1. The van der Waals surface area contributed by atoms with Crippen LogP contribution in [0.15, 0.2) is 64.8 Å². The summed E-state index contributed by atoms with van der Waals surface area (Å²) in [7, 11) is 1.70. The molecule has 0 N–H and O–H groups in total. The Morgan fingerprint density at radius 2 is 1.85 bits per heavy atom. The number of thiophene rings is 1. The SMILES string of the molecule is Cn1c(=O)/c(=C\c2cccc3ccccc23)s/c1=C\C(=O)c1cccs1. The van der Waals surface area contributed by atoms with Crippen LogP contribution in [-0.4, -0.2) is 10.4 Å². The number of fused-ring (bicyclic) bond motifs is 1. The van der Waals surface area contributed by atoms with Gasteiger partial charge in [0.15, 0.2) is 5.78 Å². The first-order valence-electron chi connectivity index (χ1n) is 8.08. The van der Waals surface area contributed by atoms with E-state index in [0.717, 1.165) is 16.3 Å². The first kappa shape index (κ1) is 16.7. The van der Waals surface area contributed by atoms with Crippen molar-refractivity contribution < 1.29 is 4.79 Å². The average Bonchev–Trinajstić information content (AvgIpc) is 3.28. The van der Waals surface area contributed by atoms with Crippen molar-refractivity contribution in [1.29, 1.82) is 0 Å². The molecule has 0 aliphatic carbocycles. The molecule has 4 aromatic rings. The van der Waals surface area contributed by atoms with Crippen molar-refractivity contribution >= 4 is 51.4 Å². The standard InChI is InChI=1S/C21H15NO2S2/c1-22-20(13-17(23)18-10-5-11-25-18)26-19(21(22)24)12-15-8-4-7-14-6-2-3-9-16(14)15/h2-13H,1H3/b19-12+,20-13-. The van der Waals surface area contributed by atoms with E-state index >= 15 is 0 Å². The predicted molar refractivity (Wildman–Crippen MR) is 109 cm³/mol. The Bertz CT molecular complexity index is 1270. The molecule has 5 heteroatoms. The molecular formula is C21H15NO2S2. The summed E-state index contributed by atoms with van der Waals surface area (Å²) in [6, 6.07) is 17.8. The van der Waals surface area contributed by atoms with Crippen molar-refractivity contribution in [3.63, 3.8) is 0 Å². The lowest BCUT2D eigenvalue weighted by molar-refractivity contribution is 0.106. The maximum Gasteiger partial charge on any atom is 0.268 e. The maximum atomic E-state index is 12.6. The third kappa shape index (κ3) is 3.07. The van der Waals surface area contributed by atoms with Crippen LogP contribution in [0.25, 0.3) is 22.9 Å². The molecule has 0 saturated carbocycles. The van der Waals surface area contributed by atoms with Gasteiger partial charge in [-0.1, -0.05) is 48.5 Å². The molecule has 2 aromatic heterocycles. The number of carbonyl (C=O) groups is 1. The van der Waals surface area contributed by atoms with Gasteiger partial charge in [-0.2, -0.15) is 0 Å². The number of thiazole rings is 1. The minimum Gasteiger partial charge on any atom is -0.302 e. The predicted octanol–water partition coefficient (Wildman–Crippen LogP) is 3.15. The molecule has 0 amide bonds. The zero-order valence-electron chi connectivity index (χ0n) is 14.0. The van der Waals surface area contributed by atoms with E-state index in [1.807, 2.05) is 47.9 Å². The first-order valence-corrected chi connectivity index (χ1v) is 9.78. The summed E-state index contributed by atoms with van der Waals surface area (Å²) in [5.74, 6) is -0.0754. The van der Waals surface area contributed by atoms with Crippen LogP contribution in [0.3, 0.4) is 0 Å². The molecule has 0 aliphatic heterocycles. The molecule has 2 heterocycles. The van der Waals surface area contributed by atoms with Gasteiger partial charge in [-0.05, 0) is 33.9 Å². The van der Waals surface area contributed by atoms with Crippen molar-refractivity contribution in [3.05, 3.63) is 90.0 Å². The highest BCUT2D eigenvalue weighted by Gasteiger charge is 2.06. The molecule has 0 aliphatic rings. The van der Waals surface area contributed by atoms with E-state index in [9.17, 15) is 9.59 Å². The molecule has 0 bridgehead atoms. The molecular weight excluding hydrogens is 362 g/mol. The summed E-state index contributed by atoms with van der Waals surface area (Å²) in [6.45, 7) is 0. The van der Waals surface area contributed by atoms with Crippen LogP contribution >= 0.6 is 22.7 Å². The van der Waals surface area contributed by atoms with E-state index in [-0.39, 0.29) is 11.3 Å². The van der Waals surface area contributed by atoms with Crippen molar-refractivity contribution in [2.45, 2.75) is 0 Å². The molecule has 0 radical (unpaired) electrons. The Labute approximate surface area is 157 Å². The van der Waals surface area contributed by atoms with Gasteiger partial charge in [0, 0.05) is 13.1 Å². The summed E-state index contributed by atoms with van der Waals surface area (Å²) >= 11 is 2.74. The van der Waals surface area contributed by atoms with E-state index in [1.165, 1.54) is 27.2 Å². The number of hydrogen-bond acceptors (Lipinski definition) is 4. The quantitative estimate of drug-likeness (QED) is 0.515. The highest BCUT2D eigenvalue weighted by molar-refractivity contribution is 7.12. The van der Waals surface area contributed by atoms with Gasteiger partial charge >= 0.3 is 0 Å². The minimum absolute atomic E-state index is 0.0754. The Hall–Kier alpha value is -2.76. The van der Waals surface area contributed by atoms with E-state index in [1.54, 1.807) is 19.2 Å². The Morgan fingerprint density at radius 3 is 2.65 bits per heavy atom. The van der Waals surface area contributed by atoms with Crippen LogP contribution < -0.4 is 14.8 Å². The number of benzene rings is 2. The van der Waals surface area contributed by atoms with Crippen molar-refractivity contribution in [3.8, 4) is 0 Å². The fourth-order valence-electron chi connectivity index (χ4n) is 2.83. The molecule has 0 atom stereocenters. The summed E-state index contributed by atoms with van der Waals surface area (Å²) in [4.78, 5) is 25.6. The lowest BCUT2D eigenvalue weighted by atomic mass is 10.0. The number of Topliss-reactive ketones (excluding diaryl/α,β-unsaturated/α-hetero) is 1. The van der Waals surface area contributed by atoms with Crippen LogP contribution in [-0.2, 0) is 7.05 Å². The monoisotopic (exact) mass is 377 g/mol. The van der Waals surface area contributed by atoms with E-state index in [4.69, 9.17) is 0 Å². The average molecular weight is 377 g/mol. The molecule has 0 spiro atoms. The fraction of sp³-hybridized carbons (Fsp3) is 0.0476. The van der Waals surface area contributed by atoms with Crippen LogP contribution in [0.4, 0.5) is 0 Å². The van der Waals surface area contributed by atoms with Crippen LogP contribution in [0.2, 0.25) is 0 Å². The number of aromatic nitrogens is 1. The molecule has 2 aromatic carbocycles. The van der Waals surface area contributed by atoms with Gasteiger partial charge in [-0.25, -0.2) is 0 Å². The van der Waals surface area contributed by atoms with Gasteiger partial charge in [0.25, 0.3) is 5.56 Å². The number of ketones is 1. The molecule has 128 valence electrons. The maximum absolute atomic E-state index is 12.6. The molecule has 0 fully saturated rings. The van der Waals surface area contributed by atoms with Crippen molar-refractivity contribution in [2.75, 3.05) is 0 Å². The zero-order chi connectivity index (χ0) is 18.1. The summed E-state index contributed by atoms with van der Waals surface area (Å²) in [5, 5.41) is 4.11. The number of nitrogens with zero attached hydrogens (tertiary/aromatic N) is 1. The van der Waals surface area contributed by atoms with E-state index in [2.05, 4.69) is 12.1 Å². The van der Waals surface area contributed by atoms with Gasteiger partial charge in [0.1, 0.15) is 4.66 Å². The molecule has 0 saturated heterocycles. The normalized spacial score (nSPS) is 12.8. The second-order valence-electron chi connectivity index (χ2n) is 5.87. The minimum atomic E-state index is -0.0897. The van der Waals surface area contributed by atoms with Crippen LogP contribution in [0.1, 0.15) is 15.2 Å². The Kier molecular flexibility index (Phi) is 4.41. The van der Waals surface area contributed by atoms with Gasteiger partial charge in [0.2, 0.25) is 0 Å². The topological polar surface area (TPSA) is 39.1 Å². The van der Waals surface area contributed by atoms with Crippen LogP contribution in [0, 0.1) is 0 Å². The highest BCUT2D eigenvalue weighted by Crippen LogP contribution is 2.18.